The number of fused-ring (bicyclic) bond motifs is 1. The Hall–Kier alpha value is -4.11. The number of benzene rings is 2. The summed E-state index contributed by atoms with van der Waals surface area (Å²) in [6.45, 7) is 0.965. The first kappa shape index (κ1) is 22.7. The number of aromatic nitrogens is 2. The molecule has 178 valence electrons. The molecule has 1 amide bonds. The van der Waals surface area contributed by atoms with Gasteiger partial charge in [-0.25, -0.2) is 4.98 Å². The smallest absolute Gasteiger partial charge is 0.267 e. The molecule has 0 unspecified atom stereocenters. The molecule has 0 spiro atoms. The van der Waals surface area contributed by atoms with Crippen molar-refractivity contribution in [3.63, 3.8) is 0 Å². The van der Waals surface area contributed by atoms with E-state index in [2.05, 4.69) is 10.3 Å². The maximum Gasteiger partial charge on any atom is 0.267 e. The van der Waals surface area contributed by atoms with Crippen LogP contribution in [0.25, 0.3) is 27.7 Å². The zero-order valence-corrected chi connectivity index (χ0v) is 20.2. The van der Waals surface area contributed by atoms with Gasteiger partial charge in [0.05, 0.1) is 24.9 Å². The number of amides is 1. The van der Waals surface area contributed by atoms with E-state index in [0.717, 1.165) is 27.9 Å². The van der Waals surface area contributed by atoms with E-state index >= 15 is 0 Å². The van der Waals surface area contributed by atoms with Crippen LogP contribution in [0.1, 0.15) is 15.5 Å². The molecule has 5 rings (SSSR count). The van der Waals surface area contributed by atoms with Gasteiger partial charge in [0, 0.05) is 42.0 Å². The first-order chi connectivity index (χ1) is 17.0. The third-order valence-corrected chi connectivity index (χ3v) is 7.00. The summed E-state index contributed by atoms with van der Waals surface area (Å²) in [6.07, 6.45) is 0. The number of hydrogen-bond donors (Lipinski definition) is 3. The first-order valence-electron chi connectivity index (χ1n) is 11.1. The zero-order valence-electron chi connectivity index (χ0n) is 19.4. The fourth-order valence-corrected chi connectivity index (χ4v) is 5.13. The summed E-state index contributed by atoms with van der Waals surface area (Å²) in [4.78, 5) is 19.1. The van der Waals surface area contributed by atoms with Crippen molar-refractivity contribution in [2.75, 3.05) is 26.7 Å². The summed E-state index contributed by atoms with van der Waals surface area (Å²) in [5, 5.41) is 25.6. The maximum absolute atomic E-state index is 12.7. The van der Waals surface area contributed by atoms with Gasteiger partial charge < -0.3 is 24.6 Å². The Bertz CT molecular complexity index is 1450. The van der Waals surface area contributed by atoms with E-state index in [1.807, 2.05) is 71.6 Å². The third-order valence-electron chi connectivity index (χ3n) is 6.14. The molecule has 35 heavy (non-hydrogen) atoms. The fraction of sp³-hybridized carbons (Fsp3) is 0.192. The van der Waals surface area contributed by atoms with Crippen molar-refractivity contribution in [2.45, 2.75) is 0 Å². The lowest BCUT2D eigenvalue weighted by Gasteiger charge is -2.18. The van der Waals surface area contributed by atoms with Crippen LogP contribution in [-0.2, 0) is 7.05 Å². The third kappa shape index (κ3) is 4.26. The highest BCUT2D eigenvalue weighted by molar-refractivity contribution is 7.11. The molecule has 0 atom stereocenters. The molecule has 9 heteroatoms. The van der Waals surface area contributed by atoms with Gasteiger partial charge in [0.2, 0.25) is 0 Å². The number of nitrogens with zero attached hydrogens (tertiary/aromatic N) is 3. The van der Waals surface area contributed by atoms with Crippen LogP contribution in [0.3, 0.4) is 0 Å². The molecule has 3 N–H and O–H groups in total. The van der Waals surface area contributed by atoms with E-state index in [1.54, 1.807) is 12.0 Å². The van der Waals surface area contributed by atoms with Crippen LogP contribution >= 0.6 is 11.3 Å². The minimum atomic E-state index is -0.170. The number of aliphatic hydroxyl groups is 1. The van der Waals surface area contributed by atoms with Gasteiger partial charge in [-0.3, -0.25) is 10.2 Å². The Morgan fingerprint density at radius 3 is 2.74 bits per heavy atom. The van der Waals surface area contributed by atoms with Crippen LogP contribution < -0.4 is 10.1 Å². The molecule has 4 aromatic rings. The molecule has 0 bridgehead atoms. The second kappa shape index (κ2) is 9.27. The number of carbonyl (C=O) groups is 1. The summed E-state index contributed by atoms with van der Waals surface area (Å²) in [7, 11) is 3.49. The van der Waals surface area contributed by atoms with Crippen LogP contribution in [0.15, 0.2) is 65.7 Å². The van der Waals surface area contributed by atoms with E-state index in [0.29, 0.717) is 29.4 Å². The Balaban J connectivity index is 1.22. The van der Waals surface area contributed by atoms with Gasteiger partial charge >= 0.3 is 0 Å². The lowest BCUT2D eigenvalue weighted by molar-refractivity contribution is 0.0944. The summed E-state index contributed by atoms with van der Waals surface area (Å²) >= 11 is 1.39. The molecule has 0 aliphatic carbocycles. The molecule has 2 aromatic carbocycles. The normalized spacial score (nSPS) is 13.7. The molecule has 2 aromatic heterocycles. The average molecular weight is 488 g/mol. The standard InChI is InChI=1S/C26H25N5O3S/c1-30-20-6-4-3-5-17(20)13-21(30)25(33)28-11-12-31-14-22(32)23(24(31)27)26-29-19(15-35-26)16-7-9-18(34-2)10-8-16/h3-10,13,15,27,32H,11-12,14H2,1-2H3,(H,28,33). The minimum Gasteiger partial charge on any atom is -0.510 e. The highest BCUT2D eigenvalue weighted by Gasteiger charge is 2.30. The van der Waals surface area contributed by atoms with Crippen molar-refractivity contribution < 1.29 is 14.6 Å². The monoisotopic (exact) mass is 487 g/mol. The number of nitrogens with one attached hydrogen (secondary N) is 2. The predicted octanol–water partition coefficient (Wildman–Crippen LogP) is 4.30. The lowest BCUT2D eigenvalue weighted by atomic mass is 10.1. The van der Waals surface area contributed by atoms with E-state index in [1.165, 1.54) is 11.3 Å². The molecule has 0 fully saturated rings. The van der Waals surface area contributed by atoms with Crippen LogP contribution in [0.5, 0.6) is 5.75 Å². The summed E-state index contributed by atoms with van der Waals surface area (Å²) < 4.78 is 7.08. The van der Waals surface area contributed by atoms with E-state index in [4.69, 9.17) is 10.1 Å². The Morgan fingerprint density at radius 1 is 1.23 bits per heavy atom. The van der Waals surface area contributed by atoms with E-state index in [9.17, 15) is 9.90 Å². The van der Waals surface area contributed by atoms with Crippen LogP contribution in [-0.4, -0.2) is 58.0 Å². The van der Waals surface area contributed by atoms with Crippen LogP contribution in [0.2, 0.25) is 0 Å². The molecule has 0 saturated carbocycles. The molecule has 1 aliphatic rings. The number of amidine groups is 1. The van der Waals surface area contributed by atoms with Crippen LogP contribution in [0, 0.1) is 5.41 Å². The molecular weight excluding hydrogens is 462 g/mol. The van der Waals surface area contributed by atoms with Gasteiger partial charge in [-0.15, -0.1) is 11.3 Å². The summed E-state index contributed by atoms with van der Waals surface area (Å²) in [5.41, 5.74) is 3.73. The van der Waals surface area contributed by atoms with Crippen molar-refractivity contribution in [1.29, 1.82) is 5.41 Å². The van der Waals surface area contributed by atoms with Gasteiger partial charge in [-0.1, -0.05) is 18.2 Å². The second-order valence-electron chi connectivity index (χ2n) is 8.26. The van der Waals surface area contributed by atoms with Crippen molar-refractivity contribution in [3.8, 4) is 17.0 Å². The van der Waals surface area contributed by atoms with Gasteiger partial charge in [0.1, 0.15) is 28.0 Å². The van der Waals surface area contributed by atoms with Crippen molar-refractivity contribution >= 4 is 39.6 Å². The van der Waals surface area contributed by atoms with Crippen molar-refractivity contribution in [2.24, 2.45) is 7.05 Å². The topological polar surface area (TPSA) is 103 Å². The highest BCUT2D eigenvalue weighted by atomic mass is 32.1. The van der Waals surface area contributed by atoms with Gasteiger partial charge in [-0.05, 0) is 36.4 Å². The number of aliphatic hydroxyl groups excluding tert-OH is 1. The fourth-order valence-electron chi connectivity index (χ4n) is 4.23. The molecule has 8 nitrogen and oxygen atoms in total. The van der Waals surface area contributed by atoms with E-state index in [-0.39, 0.29) is 24.0 Å². The lowest BCUT2D eigenvalue weighted by Crippen LogP contribution is -2.36. The molecule has 1 aliphatic heterocycles. The Morgan fingerprint density at radius 2 is 2.00 bits per heavy atom. The number of para-hydroxylation sites is 1. The number of thiazole rings is 1. The highest BCUT2D eigenvalue weighted by Crippen LogP contribution is 2.32. The summed E-state index contributed by atoms with van der Waals surface area (Å²) in [5.74, 6) is 0.920. The first-order valence-corrected chi connectivity index (χ1v) is 12.0. The van der Waals surface area contributed by atoms with Crippen molar-refractivity contribution in [1.82, 2.24) is 19.8 Å². The van der Waals surface area contributed by atoms with Gasteiger partial charge in [0.25, 0.3) is 5.91 Å². The van der Waals surface area contributed by atoms with E-state index < -0.39 is 0 Å². The molecule has 0 saturated heterocycles. The zero-order chi connectivity index (χ0) is 24.5. The SMILES string of the molecule is COc1ccc(-c2csc(C3=C(O)CN(CCNC(=O)c4cc5ccccc5n4C)C3=N)n2)cc1. The number of ether oxygens (including phenoxy) is 1. The largest absolute Gasteiger partial charge is 0.510 e. The number of methoxy groups -OCH3 is 1. The second-order valence-corrected chi connectivity index (χ2v) is 9.12. The molecular formula is C26H25N5O3S. The number of hydrogen-bond acceptors (Lipinski definition) is 6. The Labute approximate surface area is 206 Å². The maximum atomic E-state index is 12.7. The molecule has 3 heterocycles. The summed E-state index contributed by atoms with van der Waals surface area (Å²) in [6, 6.07) is 17.3. The van der Waals surface area contributed by atoms with Crippen molar-refractivity contribution in [3.05, 3.63) is 76.4 Å². The number of carbonyl (C=O) groups excluding carboxylic acids is 1. The number of rotatable bonds is 7. The minimum absolute atomic E-state index is 0.116. The number of aryl methyl sites for hydroxylation is 1. The van der Waals surface area contributed by atoms with Gasteiger partial charge in [-0.2, -0.15) is 0 Å². The quantitative estimate of drug-likeness (QED) is 0.361. The Kier molecular flexibility index (Phi) is 6.00. The van der Waals surface area contributed by atoms with Gasteiger partial charge in [0.15, 0.2) is 0 Å². The molecule has 0 radical (unpaired) electrons. The van der Waals surface area contributed by atoms with Crippen LogP contribution in [0.4, 0.5) is 0 Å². The predicted molar refractivity (Wildman–Crippen MR) is 138 cm³/mol. The average Bonchev–Trinajstić information content (AvgIpc) is 3.55.